The molecular weight excluding hydrogens is 252 g/mol. The van der Waals surface area contributed by atoms with Crippen molar-refractivity contribution in [2.75, 3.05) is 5.75 Å². The summed E-state index contributed by atoms with van der Waals surface area (Å²) in [4.78, 5) is 0.408. The van der Waals surface area contributed by atoms with Crippen LogP contribution in [0.4, 0.5) is 0 Å². The second kappa shape index (κ2) is 7.07. The second-order valence-electron chi connectivity index (χ2n) is 4.00. The maximum absolute atomic E-state index is 11.9. The van der Waals surface area contributed by atoms with E-state index < -0.39 is 8.87 Å². The van der Waals surface area contributed by atoms with Crippen LogP contribution in [0.25, 0.3) is 0 Å². The molecule has 1 aromatic rings. The summed E-state index contributed by atoms with van der Waals surface area (Å²) >= 11 is 0. The molecule has 0 atom stereocenters. The molecule has 0 aliphatic carbocycles. The zero-order valence-electron chi connectivity index (χ0n) is 10.2. The highest BCUT2D eigenvalue weighted by atomic mass is 33.1. The fourth-order valence-electron chi connectivity index (χ4n) is 1.40. The highest BCUT2D eigenvalue weighted by molar-refractivity contribution is 8.72. The molecule has 0 saturated heterocycles. The van der Waals surface area contributed by atoms with E-state index in [-0.39, 0.29) is 0 Å². The van der Waals surface area contributed by atoms with Gasteiger partial charge in [-0.2, -0.15) is 0 Å². The molecule has 17 heavy (non-hydrogen) atoms. The lowest BCUT2D eigenvalue weighted by Gasteiger charge is -2.04. The van der Waals surface area contributed by atoms with Gasteiger partial charge in [0.1, 0.15) is 0 Å². The van der Waals surface area contributed by atoms with Gasteiger partial charge in [0.2, 0.25) is 8.87 Å². The Kier molecular flexibility index (Phi) is 6.06. The molecule has 0 fully saturated rings. The number of aryl methyl sites for hydroxylation is 1. The van der Waals surface area contributed by atoms with Gasteiger partial charge in [-0.1, -0.05) is 43.9 Å². The van der Waals surface area contributed by atoms with E-state index >= 15 is 0 Å². The number of hydrogen-bond donors (Lipinski definition) is 0. The van der Waals surface area contributed by atoms with Gasteiger partial charge >= 0.3 is 0 Å². The van der Waals surface area contributed by atoms with Gasteiger partial charge in [0.15, 0.2) is 0 Å². The number of rotatable bonds is 7. The first-order chi connectivity index (χ1) is 8.06. The molecule has 2 nitrogen and oxygen atoms in total. The van der Waals surface area contributed by atoms with E-state index in [4.69, 9.17) is 0 Å². The van der Waals surface area contributed by atoms with Crippen molar-refractivity contribution < 1.29 is 8.42 Å². The monoisotopic (exact) mass is 271 g/mol. The molecule has 4 heteroatoms. The summed E-state index contributed by atoms with van der Waals surface area (Å²) in [5.74, 6) is 0.663. The Morgan fingerprint density at radius 1 is 1.12 bits per heavy atom. The molecule has 0 spiro atoms. The van der Waals surface area contributed by atoms with Crippen molar-refractivity contribution >= 4 is 19.7 Å². The van der Waals surface area contributed by atoms with Crippen molar-refractivity contribution in [2.45, 2.75) is 37.5 Å². The molecule has 95 valence electrons. The maximum atomic E-state index is 11.9. The smallest absolute Gasteiger partial charge is 0.212 e. The minimum atomic E-state index is -3.16. The fraction of sp³-hybridized carbons (Fsp3) is 0.462. The molecule has 0 heterocycles. The number of unbranched alkanes of at least 4 members (excludes halogenated alkanes) is 3. The summed E-state index contributed by atoms with van der Waals surface area (Å²) in [5.41, 5.74) is 1.07. The third kappa shape index (κ3) is 5.13. The summed E-state index contributed by atoms with van der Waals surface area (Å²) < 4.78 is 23.9. The van der Waals surface area contributed by atoms with Crippen LogP contribution < -0.4 is 0 Å². The Labute approximate surface area is 108 Å². The van der Waals surface area contributed by atoms with E-state index in [0.717, 1.165) is 42.0 Å². The lowest BCUT2D eigenvalue weighted by Crippen LogP contribution is -1.97. The quantitative estimate of drug-likeness (QED) is 0.558. The van der Waals surface area contributed by atoms with Crippen molar-refractivity contribution in [1.82, 2.24) is 0 Å². The van der Waals surface area contributed by atoms with Crippen molar-refractivity contribution in [3.05, 3.63) is 36.8 Å². The van der Waals surface area contributed by atoms with E-state index in [9.17, 15) is 8.42 Å². The molecular formula is C13H19O2S2. The summed E-state index contributed by atoms with van der Waals surface area (Å²) in [6.07, 6.45) is 3.99. The predicted molar refractivity (Wildman–Crippen MR) is 74.6 cm³/mol. The zero-order chi connectivity index (χ0) is 12.7. The minimum Gasteiger partial charge on any atom is -0.212 e. The first-order valence-corrected chi connectivity index (χ1v) is 8.80. The molecule has 0 N–H and O–H groups in total. The van der Waals surface area contributed by atoms with Crippen LogP contribution in [0, 0.1) is 13.8 Å². The summed E-state index contributed by atoms with van der Waals surface area (Å²) in [5, 5.41) is 0. The summed E-state index contributed by atoms with van der Waals surface area (Å²) in [6.45, 7) is 5.71. The highest BCUT2D eigenvalue weighted by Gasteiger charge is 2.14. The topological polar surface area (TPSA) is 34.1 Å². The Morgan fingerprint density at radius 3 is 2.35 bits per heavy atom. The highest BCUT2D eigenvalue weighted by Crippen LogP contribution is 2.24. The van der Waals surface area contributed by atoms with Crippen molar-refractivity contribution in [3.8, 4) is 0 Å². The molecule has 0 unspecified atom stereocenters. The molecule has 0 aromatic heterocycles. The Balaban J connectivity index is 2.48. The van der Waals surface area contributed by atoms with Gasteiger partial charge in [0.05, 0.1) is 4.90 Å². The lowest BCUT2D eigenvalue weighted by molar-refractivity contribution is 0.610. The van der Waals surface area contributed by atoms with Crippen LogP contribution in [-0.2, 0) is 8.87 Å². The van der Waals surface area contributed by atoms with Crippen LogP contribution in [0.3, 0.4) is 0 Å². The minimum absolute atomic E-state index is 0.408. The van der Waals surface area contributed by atoms with Gasteiger partial charge in [0, 0.05) is 5.75 Å². The van der Waals surface area contributed by atoms with Crippen LogP contribution in [-0.4, -0.2) is 14.2 Å². The lowest BCUT2D eigenvalue weighted by atomic mass is 10.2. The predicted octanol–water partition coefficient (Wildman–Crippen LogP) is 3.81. The molecule has 1 rings (SSSR count). The number of benzene rings is 1. The van der Waals surface area contributed by atoms with Gasteiger partial charge in [-0.15, -0.1) is 0 Å². The second-order valence-corrected chi connectivity index (χ2v) is 8.05. The molecule has 1 radical (unpaired) electrons. The average molecular weight is 271 g/mol. The standard InChI is InChI=1S/C13H19O2S2/c1-3-4-5-6-11-16-17(14,15)13-9-7-12(2)8-10-13/h7-10H,1,3-6,11H2,2H3. The zero-order valence-corrected chi connectivity index (χ0v) is 11.8. The Hall–Kier alpha value is -0.480. The molecule has 0 aliphatic rings. The first-order valence-electron chi connectivity index (χ1n) is 5.81. The van der Waals surface area contributed by atoms with Gasteiger partial charge in [-0.25, -0.2) is 8.42 Å². The summed E-state index contributed by atoms with van der Waals surface area (Å²) in [7, 11) is -2.12. The summed E-state index contributed by atoms with van der Waals surface area (Å²) in [6, 6.07) is 7.01. The Bertz CT molecular complexity index is 421. The van der Waals surface area contributed by atoms with Gasteiger partial charge in [0.25, 0.3) is 0 Å². The van der Waals surface area contributed by atoms with Crippen LogP contribution in [0.2, 0.25) is 0 Å². The van der Waals surface area contributed by atoms with Crippen LogP contribution >= 0.6 is 10.8 Å². The van der Waals surface area contributed by atoms with E-state index in [2.05, 4.69) is 6.92 Å². The number of hydrogen-bond acceptors (Lipinski definition) is 3. The molecule has 0 saturated carbocycles. The van der Waals surface area contributed by atoms with E-state index in [1.807, 2.05) is 19.1 Å². The normalized spacial score (nSPS) is 11.6. The SMILES string of the molecule is [CH2]CCCCCSS(=O)(=O)c1ccc(C)cc1. The molecule has 0 amide bonds. The third-order valence-corrected chi connectivity index (χ3v) is 6.07. The van der Waals surface area contributed by atoms with Gasteiger partial charge < -0.3 is 0 Å². The third-order valence-electron chi connectivity index (χ3n) is 2.44. The van der Waals surface area contributed by atoms with Crippen LogP contribution in [0.5, 0.6) is 0 Å². The van der Waals surface area contributed by atoms with E-state index in [1.165, 1.54) is 0 Å². The maximum Gasteiger partial charge on any atom is 0.229 e. The van der Waals surface area contributed by atoms with Crippen LogP contribution in [0.1, 0.15) is 31.2 Å². The fourth-order valence-corrected chi connectivity index (χ4v) is 4.30. The van der Waals surface area contributed by atoms with Gasteiger partial charge in [-0.05, 0) is 36.3 Å². The average Bonchev–Trinajstić information content (AvgIpc) is 2.29. The van der Waals surface area contributed by atoms with Crippen molar-refractivity contribution in [2.24, 2.45) is 0 Å². The largest absolute Gasteiger partial charge is 0.229 e. The Morgan fingerprint density at radius 2 is 1.76 bits per heavy atom. The molecule has 0 aliphatic heterocycles. The first kappa shape index (κ1) is 14.6. The van der Waals surface area contributed by atoms with Gasteiger partial charge in [-0.3, -0.25) is 0 Å². The van der Waals surface area contributed by atoms with Crippen molar-refractivity contribution in [3.63, 3.8) is 0 Å². The van der Waals surface area contributed by atoms with Crippen molar-refractivity contribution in [1.29, 1.82) is 0 Å². The van der Waals surface area contributed by atoms with Crippen LogP contribution in [0.15, 0.2) is 29.2 Å². The molecule has 1 aromatic carbocycles. The molecule has 0 bridgehead atoms. The van der Waals surface area contributed by atoms with E-state index in [1.54, 1.807) is 12.1 Å². The van der Waals surface area contributed by atoms with E-state index in [0.29, 0.717) is 10.6 Å².